The van der Waals surface area contributed by atoms with Crippen LogP contribution in [0.5, 0.6) is 0 Å². The van der Waals surface area contributed by atoms with E-state index in [2.05, 4.69) is 10.3 Å². The molecule has 6 heteroatoms. The van der Waals surface area contributed by atoms with E-state index in [0.29, 0.717) is 13.2 Å². The van der Waals surface area contributed by atoms with Crippen molar-refractivity contribution in [3.05, 3.63) is 0 Å². The Morgan fingerprint density at radius 3 is 2.61 bits per heavy atom. The smallest absolute Gasteiger partial charge is 0.240 e. The Hall–Kier alpha value is -0.690. The number of rotatable bonds is 6. The Morgan fingerprint density at radius 2 is 2.11 bits per heavy atom. The maximum Gasteiger partial charge on any atom is 0.240 e. The number of carbonyl (C=O) groups excluding carboxylic acids is 1. The van der Waals surface area contributed by atoms with Gasteiger partial charge in [-0.1, -0.05) is 0 Å². The minimum atomic E-state index is -0.479. The largest absolute Gasteiger partial charge is 0.394 e. The Balaban J connectivity index is 2.33. The molecule has 1 saturated heterocycles. The second kappa shape index (κ2) is 7.04. The SMILES string of the molecule is CC(C)(CN1CCC(OCCO)CC1)C(=O)NN. The average molecular weight is 259 g/mol. The fourth-order valence-electron chi connectivity index (χ4n) is 2.28. The van der Waals surface area contributed by atoms with Gasteiger partial charge in [-0.05, 0) is 26.7 Å². The molecule has 1 amide bonds. The van der Waals surface area contributed by atoms with E-state index in [1.54, 1.807) is 0 Å². The Morgan fingerprint density at radius 1 is 1.50 bits per heavy atom. The maximum absolute atomic E-state index is 11.6. The van der Waals surface area contributed by atoms with E-state index < -0.39 is 5.41 Å². The molecule has 0 aromatic rings. The molecule has 0 atom stereocenters. The summed E-state index contributed by atoms with van der Waals surface area (Å²) in [5.74, 6) is 5.04. The fourth-order valence-corrected chi connectivity index (χ4v) is 2.28. The quantitative estimate of drug-likeness (QED) is 0.339. The standard InChI is InChI=1S/C12H25N3O3/c1-12(2,11(17)14-13)9-15-5-3-10(4-6-15)18-8-7-16/h10,16H,3-9,13H2,1-2H3,(H,14,17). The van der Waals surface area contributed by atoms with Crippen LogP contribution in [0, 0.1) is 5.41 Å². The van der Waals surface area contributed by atoms with Crippen LogP contribution < -0.4 is 11.3 Å². The van der Waals surface area contributed by atoms with E-state index in [9.17, 15) is 4.79 Å². The minimum Gasteiger partial charge on any atom is -0.394 e. The zero-order valence-electron chi connectivity index (χ0n) is 11.3. The normalized spacial score (nSPS) is 18.9. The van der Waals surface area contributed by atoms with Gasteiger partial charge >= 0.3 is 0 Å². The monoisotopic (exact) mass is 259 g/mol. The highest BCUT2D eigenvalue weighted by molar-refractivity contribution is 5.81. The third-order valence-corrected chi connectivity index (χ3v) is 3.34. The number of carbonyl (C=O) groups is 1. The number of nitrogens with two attached hydrogens (primary N) is 1. The summed E-state index contributed by atoms with van der Waals surface area (Å²) in [6.45, 7) is 6.79. The number of ether oxygens (including phenoxy) is 1. The topological polar surface area (TPSA) is 87.8 Å². The molecule has 1 rings (SSSR count). The first-order valence-electron chi connectivity index (χ1n) is 6.45. The first-order chi connectivity index (χ1) is 8.49. The molecule has 0 radical (unpaired) electrons. The third kappa shape index (κ3) is 4.53. The van der Waals surface area contributed by atoms with Crippen molar-refractivity contribution in [1.82, 2.24) is 10.3 Å². The molecule has 0 aromatic heterocycles. The number of aliphatic hydroxyl groups is 1. The molecule has 6 nitrogen and oxygen atoms in total. The zero-order chi connectivity index (χ0) is 13.6. The lowest BCUT2D eigenvalue weighted by Crippen LogP contribution is -2.49. The number of nitrogens with zero attached hydrogens (tertiary/aromatic N) is 1. The van der Waals surface area contributed by atoms with Gasteiger partial charge in [0.1, 0.15) is 0 Å². The van der Waals surface area contributed by atoms with Crippen LogP contribution in [0.2, 0.25) is 0 Å². The lowest BCUT2D eigenvalue weighted by atomic mass is 9.91. The average Bonchev–Trinajstić information content (AvgIpc) is 2.36. The molecule has 0 spiro atoms. The number of piperidine rings is 1. The van der Waals surface area contributed by atoms with Gasteiger partial charge in [0, 0.05) is 19.6 Å². The van der Waals surface area contributed by atoms with Crippen molar-refractivity contribution in [2.75, 3.05) is 32.8 Å². The molecular formula is C12H25N3O3. The number of likely N-dealkylation sites (tertiary alicyclic amines) is 1. The molecule has 18 heavy (non-hydrogen) atoms. The van der Waals surface area contributed by atoms with E-state index in [-0.39, 0.29) is 18.6 Å². The number of hydrazine groups is 1. The zero-order valence-corrected chi connectivity index (χ0v) is 11.3. The van der Waals surface area contributed by atoms with Crippen molar-refractivity contribution in [3.8, 4) is 0 Å². The van der Waals surface area contributed by atoms with Crippen LogP contribution in [0.1, 0.15) is 26.7 Å². The van der Waals surface area contributed by atoms with Crippen LogP contribution in [0.3, 0.4) is 0 Å². The molecular weight excluding hydrogens is 234 g/mol. The highest BCUT2D eigenvalue weighted by Gasteiger charge is 2.31. The van der Waals surface area contributed by atoms with Crippen LogP contribution in [-0.4, -0.2) is 54.9 Å². The lowest BCUT2D eigenvalue weighted by Gasteiger charge is -2.36. The summed E-state index contributed by atoms with van der Waals surface area (Å²) in [4.78, 5) is 13.9. The maximum atomic E-state index is 11.6. The number of hydrogen-bond donors (Lipinski definition) is 3. The molecule has 4 N–H and O–H groups in total. The molecule has 1 aliphatic heterocycles. The van der Waals surface area contributed by atoms with E-state index in [1.165, 1.54) is 0 Å². The Labute approximate surface area is 108 Å². The summed E-state index contributed by atoms with van der Waals surface area (Å²) < 4.78 is 5.50. The first-order valence-corrected chi connectivity index (χ1v) is 6.45. The summed E-state index contributed by atoms with van der Waals surface area (Å²) in [5.41, 5.74) is 1.73. The summed E-state index contributed by atoms with van der Waals surface area (Å²) in [6, 6.07) is 0. The van der Waals surface area contributed by atoms with Gasteiger partial charge in [0.05, 0.1) is 24.7 Å². The predicted octanol–water partition coefficient (Wildman–Crippen LogP) is -0.524. The van der Waals surface area contributed by atoms with Crippen molar-refractivity contribution in [2.24, 2.45) is 11.3 Å². The molecule has 1 aliphatic rings. The molecule has 0 aliphatic carbocycles. The van der Waals surface area contributed by atoms with E-state index in [4.69, 9.17) is 15.7 Å². The first kappa shape index (κ1) is 15.4. The molecule has 1 heterocycles. The molecule has 0 unspecified atom stereocenters. The summed E-state index contributed by atoms with van der Waals surface area (Å²) in [7, 11) is 0. The molecule has 106 valence electrons. The number of amides is 1. The van der Waals surface area contributed by atoms with Gasteiger partial charge in [-0.25, -0.2) is 5.84 Å². The predicted molar refractivity (Wildman–Crippen MR) is 68.6 cm³/mol. The van der Waals surface area contributed by atoms with Gasteiger partial charge in [-0.3, -0.25) is 10.2 Å². The number of aliphatic hydroxyl groups excluding tert-OH is 1. The van der Waals surface area contributed by atoms with E-state index in [1.807, 2.05) is 13.8 Å². The highest BCUT2D eigenvalue weighted by atomic mass is 16.5. The Kier molecular flexibility index (Phi) is 6.01. The van der Waals surface area contributed by atoms with Crippen LogP contribution in [0.15, 0.2) is 0 Å². The third-order valence-electron chi connectivity index (χ3n) is 3.34. The summed E-state index contributed by atoms with van der Waals surface area (Å²) in [5, 5.41) is 8.70. The van der Waals surface area contributed by atoms with Gasteiger partial charge in [-0.15, -0.1) is 0 Å². The van der Waals surface area contributed by atoms with Crippen molar-refractivity contribution < 1.29 is 14.6 Å². The van der Waals surface area contributed by atoms with Crippen LogP contribution in [0.25, 0.3) is 0 Å². The molecule has 1 fully saturated rings. The second-order valence-electron chi connectivity index (χ2n) is 5.43. The van der Waals surface area contributed by atoms with Gasteiger partial charge in [0.15, 0.2) is 0 Å². The summed E-state index contributed by atoms with van der Waals surface area (Å²) >= 11 is 0. The van der Waals surface area contributed by atoms with E-state index in [0.717, 1.165) is 25.9 Å². The van der Waals surface area contributed by atoms with Crippen molar-refractivity contribution >= 4 is 5.91 Å². The molecule has 0 saturated carbocycles. The highest BCUT2D eigenvalue weighted by Crippen LogP contribution is 2.21. The van der Waals surface area contributed by atoms with E-state index >= 15 is 0 Å². The second-order valence-corrected chi connectivity index (χ2v) is 5.43. The van der Waals surface area contributed by atoms with Gasteiger partial charge in [-0.2, -0.15) is 0 Å². The van der Waals surface area contributed by atoms with Crippen molar-refractivity contribution in [3.63, 3.8) is 0 Å². The van der Waals surface area contributed by atoms with Crippen LogP contribution in [-0.2, 0) is 9.53 Å². The fraction of sp³-hybridized carbons (Fsp3) is 0.917. The van der Waals surface area contributed by atoms with Gasteiger partial charge in [0.25, 0.3) is 0 Å². The van der Waals surface area contributed by atoms with Crippen molar-refractivity contribution in [2.45, 2.75) is 32.8 Å². The van der Waals surface area contributed by atoms with Crippen LogP contribution in [0.4, 0.5) is 0 Å². The van der Waals surface area contributed by atoms with Crippen LogP contribution >= 0.6 is 0 Å². The minimum absolute atomic E-state index is 0.0733. The van der Waals surface area contributed by atoms with Gasteiger partial charge in [0.2, 0.25) is 5.91 Å². The van der Waals surface area contributed by atoms with Gasteiger partial charge < -0.3 is 14.7 Å². The Bertz CT molecular complexity index is 263. The lowest BCUT2D eigenvalue weighted by molar-refractivity contribution is -0.130. The van der Waals surface area contributed by atoms with Crippen molar-refractivity contribution in [1.29, 1.82) is 0 Å². The molecule has 0 bridgehead atoms. The number of hydrogen-bond acceptors (Lipinski definition) is 5. The number of nitrogens with one attached hydrogen (secondary N) is 1. The summed E-state index contributed by atoms with van der Waals surface area (Å²) in [6.07, 6.45) is 2.13. The molecule has 0 aromatic carbocycles.